The van der Waals surface area contributed by atoms with Crippen molar-refractivity contribution in [1.29, 1.82) is 0 Å². The smallest absolute Gasteiger partial charge is 0.343 e. The van der Waals surface area contributed by atoms with Crippen molar-refractivity contribution in [3.8, 4) is 0 Å². The fourth-order valence-corrected chi connectivity index (χ4v) is 2.09. The lowest BCUT2D eigenvalue weighted by Gasteiger charge is -2.42. The molecule has 0 saturated carbocycles. The number of carbonyl (C=O) groups is 1. The number of amides is 1. The highest BCUT2D eigenvalue weighted by atomic mass is 19.4. The molecule has 0 aliphatic carbocycles. The van der Waals surface area contributed by atoms with Crippen molar-refractivity contribution in [1.82, 2.24) is 4.90 Å². The number of alkyl halides is 3. The molecule has 1 aliphatic rings. The number of piperidine rings is 1. The van der Waals surface area contributed by atoms with Crippen LogP contribution >= 0.6 is 0 Å². The van der Waals surface area contributed by atoms with E-state index in [2.05, 4.69) is 0 Å². The molecule has 0 spiro atoms. The van der Waals surface area contributed by atoms with Gasteiger partial charge in [-0.25, -0.2) is 0 Å². The van der Waals surface area contributed by atoms with Crippen molar-refractivity contribution in [3.05, 3.63) is 0 Å². The van der Waals surface area contributed by atoms with Crippen LogP contribution in [0, 0.1) is 5.41 Å². The summed E-state index contributed by atoms with van der Waals surface area (Å²) in [6, 6.07) is 0. The topological polar surface area (TPSA) is 20.3 Å². The van der Waals surface area contributed by atoms with Gasteiger partial charge in [0, 0.05) is 20.0 Å². The molecule has 2 nitrogen and oxygen atoms in total. The van der Waals surface area contributed by atoms with Crippen molar-refractivity contribution >= 4 is 5.91 Å². The van der Waals surface area contributed by atoms with Gasteiger partial charge in [0.1, 0.15) is 0 Å². The van der Waals surface area contributed by atoms with Gasteiger partial charge in [0.05, 0.1) is 5.41 Å². The monoisotopic (exact) mass is 223 g/mol. The van der Waals surface area contributed by atoms with Gasteiger partial charge >= 0.3 is 6.18 Å². The first-order chi connectivity index (χ1) is 6.82. The van der Waals surface area contributed by atoms with Crippen molar-refractivity contribution in [3.63, 3.8) is 0 Å². The van der Waals surface area contributed by atoms with E-state index in [4.69, 9.17) is 0 Å². The average Bonchev–Trinajstić information content (AvgIpc) is 2.16. The molecule has 0 radical (unpaired) electrons. The summed E-state index contributed by atoms with van der Waals surface area (Å²) < 4.78 is 38.5. The third kappa shape index (κ3) is 2.26. The minimum atomic E-state index is -4.15. The third-order valence-electron chi connectivity index (χ3n) is 3.44. The fourth-order valence-electron chi connectivity index (χ4n) is 2.09. The predicted octanol–water partition coefficient (Wildman–Crippen LogP) is 2.59. The normalized spacial score (nSPS) is 21.5. The first-order valence-corrected chi connectivity index (χ1v) is 5.14. The summed E-state index contributed by atoms with van der Waals surface area (Å²) in [5.74, 6) is -0.137. The molecular formula is C10H16F3NO. The number of carbonyl (C=O) groups excluding carboxylic acids is 1. The molecule has 0 atom stereocenters. The van der Waals surface area contributed by atoms with Crippen LogP contribution in [-0.2, 0) is 4.79 Å². The number of nitrogens with zero attached hydrogens (tertiary/aromatic N) is 1. The Kier molecular flexibility index (Phi) is 3.31. The minimum absolute atomic E-state index is 0.0343. The highest BCUT2D eigenvalue weighted by Crippen LogP contribution is 2.48. The number of rotatable bonds is 1. The predicted molar refractivity (Wildman–Crippen MR) is 50.3 cm³/mol. The Morgan fingerprint density at radius 1 is 1.33 bits per heavy atom. The molecule has 0 unspecified atom stereocenters. The zero-order valence-corrected chi connectivity index (χ0v) is 9.02. The summed E-state index contributed by atoms with van der Waals surface area (Å²) in [5.41, 5.74) is -1.57. The van der Waals surface area contributed by atoms with Crippen molar-refractivity contribution < 1.29 is 18.0 Å². The molecule has 1 fully saturated rings. The van der Waals surface area contributed by atoms with Crippen LogP contribution in [0.5, 0.6) is 0 Å². The molecule has 5 heteroatoms. The fraction of sp³-hybridized carbons (Fsp3) is 0.900. The zero-order chi connectivity index (χ0) is 11.7. The van der Waals surface area contributed by atoms with Crippen LogP contribution in [0.3, 0.4) is 0 Å². The van der Waals surface area contributed by atoms with Crippen LogP contribution < -0.4 is 0 Å². The number of likely N-dealkylation sites (tertiary alicyclic amines) is 1. The van der Waals surface area contributed by atoms with E-state index in [9.17, 15) is 18.0 Å². The van der Waals surface area contributed by atoms with E-state index in [-0.39, 0.29) is 38.3 Å². The Bertz CT molecular complexity index is 242. The van der Waals surface area contributed by atoms with E-state index >= 15 is 0 Å². The molecule has 1 heterocycles. The van der Waals surface area contributed by atoms with Crippen LogP contribution in [-0.4, -0.2) is 30.1 Å². The lowest BCUT2D eigenvalue weighted by atomic mass is 9.75. The van der Waals surface area contributed by atoms with E-state index in [1.807, 2.05) is 0 Å². The average molecular weight is 223 g/mol. The first kappa shape index (κ1) is 12.3. The van der Waals surface area contributed by atoms with Gasteiger partial charge in [0.15, 0.2) is 0 Å². The maximum Gasteiger partial charge on any atom is 0.394 e. The van der Waals surface area contributed by atoms with Crippen LogP contribution in [0.4, 0.5) is 13.2 Å². The Morgan fingerprint density at radius 3 is 2.07 bits per heavy atom. The second-order valence-corrected chi connectivity index (χ2v) is 4.14. The van der Waals surface area contributed by atoms with Crippen molar-refractivity contribution in [2.24, 2.45) is 5.41 Å². The quantitative estimate of drug-likeness (QED) is 0.669. The molecule has 0 N–H and O–H groups in total. The van der Waals surface area contributed by atoms with Gasteiger partial charge in [-0.3, -0.25) is 4.79 Å². The summed E-state index contributed by atoms with van der Waals surface area (Å²) in [4.78, 5) is 12.5. The van der Waals surface area contributed by atoms with E-state index in [0.29, 0.717) is 0 Å². The summed E-state index contributed by atoms with van der Waals surface area (Å²) in [5, 5.41) is 0. The maximum atomic E-state index is 12.8. The van der Waals surface area contributed by atoms with Gasteiger partial charge in [0.2, 0.25) is 5.91 Å². The van der Waals surface area contributed by atoms with Gasteiger partial charge in [-0.1, -0.05) is 6.92 Å². The molecule has 0 aromatic heterocycles. The largest absolute Gasteiger partial charge is 0.394 e. The lowest BCUT2D eigenvalue weighted by Crippen LogP contribution is -2.48. The summed E-state index contributed by atoms with van der Waals surface area (Å²) in [6.07, 6.45) is -3.98. The van der Waals surface area contributed by atoms with Gasteiger partial charge < -0.3 is 4.90 Å². The second-order valence-electron chi connectivity index (χ2n) is 4.14. The zero-order valence-electron chi connectivity index (χ0n) is 9.02. The maximum absolute atomic E-state index is 12.8. The second kappa shape index (κ2) is 4.02. The molecule has 88 valence electrons. The number of halogens is 3. The minimum Gasteiger partial charge on any atom is -0.343 e. The molecule has 1 rings (SSSR count). The van der Waals surface area contributed by atoms with Gasteiger partial charge in [-0.2, -0.15) is 13.2 Å². The molecule has 1 aliphatic heterocycles. The summed E-state index contributed by atoms with van der Waals surface area (Å²) in [7, 11) is 0. The lowest BCUT2D eigenvalue weighted by molar-refractivity contribution is -0.238. The van der Waals surface area contributed by atoms with E-state index in [1.165, 1.54) is 11.8 Å². The molecule has 15 heavy (non-hydrogen) atoms. The molecular weight excluding hydrogens is 207 g/mol. The van der Waals surface area contributed by atoms with Crippen LogP contribution in [0.15, 0.2) is 0 Å². The van der Waals surface area contributed by atoms with E-state index < -0.39 is 11.6 Å². The van der Waals surface area contributed by atoms with Crippen LogP contribution in [0.1, 0.15) is 33.1 Å². The van der Waals surface area contributed by atoms with Gasteiger partial charge in [-0.15, -0.1) is 0 Å². The molecule has 0 aromatic carbocycles. The van der Waals surface area contributed by atoms with Gasteiger partial charge in [0.25, 0.3) is 0 Å². The highest BCUT2D eigenvalue weighted by Gasteiger charge is 2.54. The standard InChI is InChI=1S/C10H16F3NO/c1-3-9(10(11,12)13)4-6-14(7-5-9)8(2)15/h3-7H2,1-2H3. The Hall–Kier alpha value is -0.740. The van der Waals surface area contributed by atoms with Gasteiger partial charge in [-0.05, 0) is 19.3 Å². The number of hydrogen-bond acceptors (Lipinski definition) is 1. The summed E-state index contributed by atoms with van der Waals surface area (Å²) >= 11 is 0. The molecule has 1 amide bonds. The SMILES string of the molecule is CCC1(C(F)(F)F)CCN(C(C)=O)CC1. The Morgan fingerprint density at radius 2 is 1.80 bits per heavy atom. The van der Waals surface area contributed by atoms with E-state index in [0.717, 1.165) is 0 Å². The van der Waals surface area contributed by atoms with E-state index in [1.54, 1.807) is 6.92 Å². The van der Waals surface area contributed by atoms with Crippen LogP contribution in [0.2, 0.25) is 0 Å². The summed E-state index contributed by atoms with van der Waals surface area (Å²) in [6.45, 7) is 3.41. The first-order valence-electron chi connectivity index (χ1n) is 5.14. The third-order valence-corrected chi connectivity index (χ3v) is 3.44. The molecule has 0 bridgehead atoms. The van der Waals surface area contributed by atoms with Crippen molar-refractivity contribution in [2.75, 3.05) is 13.1 Å². The molecule has 1 saturated heterocycles. The Balaban J connectivity index is 2.71. The number of hydrogen-bond donors (Lipinski definition) is 0. The van der Waals surface area contributed by atoms with Crippen molar-refractivity contribution in [2.45, 2.75) is 39.3 Å². The van der Waals surface area contributed by atoms with Crippen LogP contribution in [0.25, 0.3) is 0 Å². The molecule has 0 aromatic rings. The highest BCUT2D eigenvalue weighted by molar-refractivity contribution is 5.73. The Labute approximate surface area is 87.4 Å².